The Kier molecular flexibility index (Phi) is 7.97. The van der Waals surface area contributed by atoms with Gasteiger partial charge < -0.3 is 0 Å². The fourth-order valence-corrected chi connectivity index (χ4v) is 0.710. The summed E-state index contributed by atoms with van der Waals surface area (Å²) in [7, 11) is 0. The lowest BCUT2D eigenvalue weighted by atomic mass is 10.1. The van der Waals surface area contributed by atoms with E-state index < -0.39 is 54.2 Å². The van der Waals surface area contributed by atoms with Gasteiger partial charge >= 0.3 is 30.4 Å². The first-order chi connectivity index (χ1) is 10.6. The van der Waals surface area contributed by atoms with E-state index in [0.717, 1.165) is 0 Å². The maximum atomic E-state index is 11.9. The third-order valence-electron chi connectivity index (χ3n) is 2.05. The van der Waals surface area contributed by atoms with E-state index in [-0.39, 0.29) is 6.92 Å². The van der Waals surface area contributed by atoms with E-state index in [2.05, 4.69) is 0 Å². The first kappa shape index (κ1) is 25.7. The molecule has 0 spiro atoms. The fraction of sp³-hybridized carbons (Fsp3) is 0.600. The molecule has 0 aliphatic heterocycles. The first-order valence-corrected chi connectivity index (χ1v) is 5.24. The number of hydrogen-bond acceptors (Lipinski definition) is 0. The third kappa shape index (κ3) is 7.05. The van der Waals surface area contributed by atoms with Gasteiger partial charge in [-0.05, 0) is 6.92 Å². The van der Waals surface area contributed by atoms with Gasteiger partial charge in [-0.15, -0.1) is 0 Å². The summed E-state index contributed by atoms with van der Waals surface area (Å²) < 4.78 is 172. The quantitative estimate of drug-likeness (QED) is 0.447. The average molecular weight is 410 g/mol. The van der Waals surface area contributed by atoms with Gasteiger partial charge in [0.15, 0.2) is 0 Å². The van der Waals surface area contributed by atoms with Crippen molar-refractivity contribution in [2.24, 2.45) is 0 Å². The minimum absolute atomic E-state index is 0.0306. The smallest absolute Gasteiger partial charge is 0.216 e. The molecule has 150 valence electrons. The molecule has 0 radical (unpaired) electrons. The summed E-state index contributed by atoms with van der Waals surface area (Å²) in [6.45, 7) is 0.0306. The standard InChI is InChI=1S/C5H2F8.C5H3F7/c6-2-1-3(7,8)4(9,10)5(11,12)13;1-2(4(7,8)9)3(6)5(10,11)12/h1-2H;1H3/b2-1+;3-2-. The fourth-order valence-electron chi connectivity index (χ4n) is 0.710. The molecule has 0 atom stereocenters. The molecule has 0 unspecified atom stereocenters. The average Bonchev–Trinajstić information content (AvgIpc) is 2.33. The van der Waals surface area contributed by atoms with Crippen LogP contribution in [0.4, 0.5) is 65.9 Å². The van der Waals surface area contributed by atoms with E-state index in [9.17, 15) is 65.9 Å². The van der Waals surface area contributed by atoms with Gasteiger partial charge in [-0.3, -0.25) is 0 Å². The topological polar surface area (TPSA) is 0 Å². The molecule has 0 N–H and O–H groups in total. The predicted octanol–water partition coefficient (Wildman–Crippen LogP) is 6.66. The Bertz CT molecular complexity index is 462. The van der Waals surface area contributed by atoms with Crippen LogP contribution in [0.5, 0.6) is 0 Å². The summed E-state index contributed by atoms with van der Waals surface area (Å²) in [6, 6.07) is 0. The van der Waals surface area contributed by atoms with Gasteiger partial charge in [0.05, 0.1) is 11.9 Å². The Morgan fingerprint density at radius 1 is 0.680 bits per heavy atom. The van der Waals surface area contributed by atoms with Crippen molar-refractivity contribution < 1.29 is 65.9 Å². The van der Waals surface area contributed by atoms with Gasteiger partial charge in [-0.1, -0.05) is 0 Å². The molecule has 0 aromatic rings. The van der Waals surface area contributed by atoms with E-state index in [1.165, 1.54) is 0 Å². The summed E-state index contributed by atoms with van der Waals surface area (Å²) in [5.74, 6) is -15.0. The van der Waals surface area contributed by atoms with Gasteiger partial charge in [0.1, 0.15) is 0 Å². The van der Waals surface area contributed by atoms with Crippen molar-refractivity contribution in [1.29, 1.82) is 0 Å². The molecule has 0 saturated carbocycles. The Labute approximate surface area is 128 Å². The van der Waals surface area contributed by atoms with Gasteiger partial charge in [0, 0.05) is 6.08 Å². The van der Waals surface area contributed by atoms with E-state index in [0.29, 0.717) is 0 Å². The molecule has 0 amide bonds. The lowest BCUT2D eigenvalue weighted by molar-refractivity contribution is -0.341. The van der Waals surface area contributed by atoms with Crippen LogP contribution in [0, 0.1) is 0 Å². The molecule has 0 rings (SSSR count). The van der Waals surface area contributed by atoms with E-state index in [4.69, 9.17) is 0 Å². The van der Waals surface area contributed by atoms with Crippen LogP contribution >= 0.6 is 0 Å². The highest BCUT2D eigenvalue weighted by Gasteiger charge is 2.72. The maximum absolute atomic E-state index is 11.9. The van der Waals surface area contributed by atoms with Crippen molar-refractivity contribution in [2.45, 2.75) is 37.3 Å². The molecule has 25 heavy (non-hydrogen) atoms. The summed E-state index contributed by atoms with van der Waals surface area (Å²) >= 11 is 0. The normalized spacial score (nSPS) is 15.7. The van der Waals surface area contributed by atoms with Gasteiger partial charge in [0.25, 0.3) is 0 Å². The zero-order valence-corrected chi connectivity index (χ0v) is 11.3. The number of hydrogen-bond donors (Lipinski definition) is 0. The van der Waals surface area contributed by atoms with E-state index in [1.54, 1.807) is 0 Å². The van der Waals surface area contributed by atoms with Crippen molar-refractivity contribution in [3.8, 4) is 0 Å². The molecule has 0 bridgehead atoms. The highest BCUT2D eigenvalue weighted by atomic mass is 19.4. The van der Waals surface area contributed by atoms with Crippen LogP contribution in [-0.2, 0) is 0 Å². The molecular weight excluding hydrogens is 405 g/mol. The Hall–Kier alpha value is -1.57. The summed E-state index contributed by atoms with van der Waals surface area (Å²) in [5.41, 5.74) is -2.27. The molecule has 15 heteroatoms. The zero-order valence-electron chi connectivity index (χ0n) is 11.3. The van der Waals surface area contributed by atoms with E-state index >= 15 is 0 Å². The van der Waals surface area contributed by atoms with Crippen molar-refractivity contribution >= 4 is 0 Å². The molecule has 0 aliphatic carbocycles. The van der Waals surface area contributed by atoms with Crippen LogP contribution in [0.1, 0.15) is 6.92 Å². The van der Waals surface area contributed by atoms with Crippen LogP contribution in [0.25, 0.3) is 0 Å². The van der Waals surface area contributed by atoms with E-state index in [1.807, 2.05) is 0 Å². The highest BCUT2D eigenvalue weighted by Crippen LogP contribution is 2.47. The van der Waals surface area contributed by atoms with Crippen molar-refractivity contribution in [3.63, 3.8) is 0 Å². The molecule has 0 aromatic heterocycles. The number of allylic oxidation sites excluding steroid dienone is 3. The van der Waals surface area contributed by atoms with Crippen LogP contribution in [-0.4, -0.2) is 30.4 Å². The monoisotopic (exact) mass is 410 g/mol. The predicted molar refractivity (Wildman–Crippen MR) is 52.1 cm³/mol. The van der Waals surface area contributed by atoms with Gasteiger partial charge in [-0.25, -0.2) is 8.78 Å². The lowest BCUT2D eigenvalue weighted by Gasteiger charge is -2.25. The number of halogens is 15. The largest absolute Gasteiger partial charge is 0.460 e. The Morgan fingerprint density at radius 2 is 1.04 bits per heavy atom. The second-order valence-corrected chi connectivity index (χ2v) is 3.92. The molecule has 0 nitrogen and oxygen atoms in total. The van der Waals surface area contributed by atoms with Gasteiger partial charge in [-0.2, -0.15) is 57.1 Å². The van der Waals surface area contributed by atoms with Crippen molar-refractivity contribution in [3.05, 3.63) is 23.8 Å². The molecule has 0 aromatic carbocycles. The Balaban J connectivity index is 0. The lowest BCUT2D eigenvalue weighted by Crippen LogP contribution is -2.50. The van der Waals surface area contributed by atoms with Crippen LogP contribution in [0.3, 0.4) is 0 Å². The molecule has 0 aliphatic rings. The van der Waals surface area contributed by atoms with Crippen LogP contribution in [0.2, 0.25) is 0 Å². The van der Waals surface area contributed by atoms with Crippen molar-refractivity contribution in [2.75, 3.05) is 0 Å². The zero-order chi connectivity index (χ0) is 21.1. The Morgan fingerprint density at radius 3 is 1.20 bits per heavy atom. The third-order valence-corrected chi connectivity index (χ3v) is 2.05. The second kappa shape index (κ2) is 7.76. The van der Waals surface area contributed by atoms with Crippen molar-refractivity contribution in [1.82, 2.24) is 0 Å². The van der Waals surface area contributed by atoms with Crippen LogP contribution in [0.15, 0.2) is 23.8 Å². The minimum Gasteiger partial charge on any atom is -0.216 e. The molecular formula is C10H5F15. The molecule has 0 heterocycles. The summed E-state index contributed by atoms with van der Waals surface area (Å²) in [6.07, 6.45) is -19.5. The number of alkyl halides is 13. The minimum atomic E-state index is -6.42. The first-order valence-electron chi connectivity index (χ1n) is 5.24. The van der Waals surface area contributed by atoms with Crippen LogP contribution < -0.4 is 0 Å². The van der Waals surface area contributed by atoms with Gasteiger partial charge in [0.2, 0.25) is 5.83 Å². The number of rotatable bonds is 2. The SMILES string of the molecule is C/C(=C(/F)C(F)(F)F)C(F)(F)F.F/C=C/C(F)(F)C(F)(F)C(F)(F)F. The maximum Gasteiger partial charge on any atom is 0.460 e. The summed E-state index contributed by atoms with van der Waals surface area (Å²) in [4.78, 5) is 0. The molecule has 0 saturated heterocycles. The second-order valence-electron chi connectivity index (χ2n) is 3.92. The molecule has 0 fully saturated rings. The highest BCUT2D eigenvalue weighted by molar-refractivity contribution is 5.14. The summed E-state index contributed by atoms with van der Waals surface area (Å²) in [5, 5.41) is 0.